The summed E-state index contributed by atoms with van der Waals surface area (Å²) in [4.78, 5) is 27.9. The van der Waals surface area contributed by atoms with E-state index in [1.165, 1.54) is 16.7 Å². The number of amides is 2. The molecule has 0 unspecified atom stereocenters. The van der Waals surface area contributed by atoms with Gasteiger partial charge in [-0.25, -0.2) is 4.79 Å². The Balaban J connectivity index is 1.30. The Hall–Kier alpha value is -2.08. The minimum absolute atomic E-state index is 0.137. The molecule has 2 fully saturated rings. The van der Waals surface area contributed by atoms with Crippen LogP contribution in [-0.4, -0.2) is 65.7 Å². The van der Waals surface area contributed by atoms with E-state index < -0.39 is 5.97 Å². The molecule has 3 aliphatic rings. The smallest absolute Gasteiger partial charge is 0.320 e. The molecule has 2 heterocycles. The van der Waals surface area contributed by atoms with Crippen molar-refractivity contribution in [3.05, 3.63) is 34.9 Å². The monoisotopic (exact) mass is 385 g/mol. The van der Waals surface area contributed by atoms with E-state index in [0.717, 1.165) is 64.8 Å². The van der Waals surface area contributed by atoms with Gasteiger partial charge in [0.25, 0.3) is 0 Å². The SMILES string of the molecule is O=C(O)C1CCC(N2CCN(CCc3ccc4c(c3)CCNCC4)C2=O)CC1. The van der Waals surface area contributed by atoms with Gasteiger partial charge in [-0.2, -0.15) is 0 Å². The van der Waals surface area contributed by atoms with E-state index in [0.29, 0.717) is 12.8 Å². The topological polar surface area (TPSA) is 72.9 Å². The van der Waals surface area contributed by atoms with Crippen molar-refractivity contribution in [2.45, 2.75) is 51.0 Å². The summed E-state index contributed by atoms with van der Waals surface area (Å²) in [5.74, 6) is -0.919. The molecular weight excluding hydrogens is 354 g/mol. The molecule has 28 heavy (non-hydrogen) atoms. The van der Waals surface area contributed by atoms with E-state index in [1.807, 2.05) is 9.80 Å². The van der Waals surface area contributed by atoms with Crippen LogP contribution >= 0.6 is 0 Å². The predicted molar refractivity (Wildman–Crippen MR) is 107 cm³/mol. The maximum absolute atomic E-state index is 12.8. The highest BCUT2D eigenvalue weighted by atomic mass is 16.4. The molecule has 1 aliphatic carbocycles. The van der Waals surface area contributed by atoms with Gasteiger partial charge < -0.3 is 20.2 Å². The lowest BCUT2D eigenvalue weighted by molar-refractivity contribution is -0.143. The van der Waals surface area contributed by atoms with Crippen LogP contribution in [0.15, 0.2) is 18.2 Å². The number of aliphatic carboxylic acids is 1. The van der Waals surface area contributed by atoms with Crippen molar-refractivity contribution in [2.24, 2.45) is 5.92 Å². The molecule has 1 saturated heterocycles. The Kier molecular flexibility index (Phi) is 5.85. The summed E-state index contributed by atoms with van der Waals surface area (Å²) in [5.41, 5.74) is 4.22. The lowest BCUT2D eigenvalue weighted by Crippen LogP contribution is -2.42. The van der Waals surface area contributed by atoms with Gasteiger partial charge >= 0.3 is 12.0 Å². The van der Waals surface area contributed by atoms with E-state index in [9.17, 15) is 9.59 Å². The largest absolute Gasteiger partial charge is 0.481 e. The van der Waals surface area contributed by atoms with Crippen molar-refractivity contribution in [3.63, 3.8) is 0 Å². The number of urea groups is 1. The van der Waals surface area contributed by atoms with Crippen LogP contribution in [0.4, 0.5) is 4.79 Å². The number of carbonyl (C=O) groups is 2. The summed E-state index contributed by atoms with van der Waals surface area (Å²) < 4.78 is 0. The molecule has 2 amide bonds. The molecule has 0 bridgehead atoms. The van der Waals surface area contributed by atoms with Crippen molar-refractivity contribution >= 4 is 12.0 Å². The quantitative estimate of drug-likeness (QED) is 0.816. The third-order valence-electron chi connectivity index (χ3n) is 6.70. The summed E-state index contributed by atoms with van der Waals surface area (Å²) in [7, 11) is 0. The average Bonchev–Trinajstić information content (AvgIpc) is 2.92. The third-order valence-corrected chi connectivity index (χ3v) is 6.70. The van der Waals surface area contributed by atoms with Crippen LogP contribution in [0.2, 0.25) is 0 Å². The van der Waals surface area contributed by atoms with Gasteiger partial charge in [-0.3, -0.25) is 4.79 Å². The molecule has 0 radical (unpaired) electrons. The second-order valence-electron chi connectivity index (χ2n) is 8.41. The van der Waals surface area contributed by atoms with Crippen LogP contribution < -0.4 is 5.32 Å². The molecule has 6 nitrogen and oxygen atoms in total. The number of nitrogens with one attached hydrogen (secondary N) is 1. The number of benzene rings is 1. The highest BCUT2D eigenvalue weighted by Crippen LogP contribution is 2.30. The highest BCUT2D eigenvalue weighted by molar-refractivity contribution is 5.77. The number of hydrogen-bond donors (Lipinski definition) is 2. The first-order valence-electron chi connectivity index (χ1n) is 10.7. The minimum Gasteiger partial charge on any atom is -0.481 e. The summed E-state index contributed by atoms with van der Waals surface area (Å²) in [6.07, 6.45) is 6.08. The first-order valence-corrected chi connectivity index (χ1v) is 10.7. The van der Waals surface area contributed by atoms with Crippen LogP contribution in [0.1, 0.15) is 42.4 Å². The summed E-state index contributed by atoms with van der Waals surface area (Å²) >= 11 is 0. The highest BCUT2D eigenvalue weighted by Gasteiger charge is 2.36. The maximum atomic E-state index is 12.8. The minimum atomic E-state index is -0.690. The van der Waals surface area contributed by atoms with Gasteiger partial charge in [-0.15, -0.1) is 0 Å². The molecule has 152 valence electrons. The molecule has 0 aromatic heterocycles. The predicted octanol–water partition coefficient (Wildman–Crippen LogP) is 2.30. The van der Waals surface area contributed by atoms with Gasteiger partial charge in [-0.05, 0) is 74.7 Å². The first-order chi connectivity index (χ1) is 13.6. The van der Waals surface area contributed by atoms with E-state index in [4.69, 9.17) is 5.11 Å². The molecule has 2 aliphatic heterocycles. The second kappa shape index (κ2) is 8.52. The number of carboxylic acids is 1. The molecular formula is C22H31N3O3. The van der Waals surface area contributed by atoms with E-state index in [-0.39, 0.29) is 18.0 Å². The maximum Gasteiger partial charge on any atom is 0.320 e. The van der Waals surface area contributed by atoms with Crippen LogP contribution in [0.5, 0.6) is 0 Å². The van der Waals surface area contributed by atoms with Crippen LogP contribution in [0, 0.1) is 5.92 Å². The van der Waals surface area contributed by atoms with Gasteiger partial charge in [0.15, 0.2) is 0 Å². The fourth-order valence-corrected chi connectivity index (χ4v) is 4.93. The number of rotatable bonds is 5. The molecule has 0 atom stereocenters. The average molecular weight is 386 g/mol. The summed E-state index contributed by atoms with van der Waals surface area (Å²) in [6, 6.07) is 7.16. The zero-order valence-electron chi connectivity index (χ0n) is 16.5. The van der Waals surface area contributed by atoms with Crippen molar-refractivity contribution in [2.75, 3.05) is 32.7 Å². The Morgan fingerprint density at radius 3 is 2.57 bits per heavy atom. The van der Waals surface area contributed by atoms with E-state index in [1.54, 1.807) is 0 Å². The number of fused-ring (bicyclic) bond motifs is 1. The van der Waals surface area contributed by atoms with Crippen LogP contribution in [-0.2, 0) is 24.1 Å². The Morgan fingerprint density at radius 1 is 1.07 bits per heavy atom. The van der Waals surface area contributed by atoms with Gasteiger partial charge in [-0.1, -0.05) is 18.2 Å². The fraction of sp³-hybridized carbons (Fsp3) is 0.636. The molecule has 4 rings (SSSR count). The second-order valence-corrected chi connectivity index (χ2v) is 8.41. The van der Waals surface area contributed by atoms with Crippen molar-refractivity contribution in [3.8, 4) is 0 Å². The number of carbonyl (C=O) groups excluding carboxylic acids is 1. The van der Waals surface area contributed by atoms with Gasteiger partial charge in [0.05, 0.1) is 5.92 Å². The van der Waals surface area contributed by atoms with Crippen LogP contribution in [0.25, 0.3) is 0 Å². The molecule has 1 aromatic carbocycles. The van der Waals surface area contributed by atoms with E-state index >= 15 is 0 Å². The molecule has 0 spiro atoms. The molecule has 6 heteroatoms. The molecule has 2 N–H and O–H groups in total. The number of carboxylic acid groups (broad SMARTS) is 1. The number of hydrogen-bond acceptors (Lipinski definition) is 3. The number of nitrogens with zero attached hydrogens (tertiary/aromatic N) is 2. The standard InChI is InChI=1S/C22H31N3O3/c26-21(27)18-3-5-20(6-4-18)25-14-13-24(22(25)28)12-9-16-1-2-17-7-10-23-11-8-19(17)15-16/h1-2,15,18,20,23H,3-14H2,(H,26,27). The zero-order chi connectivity index (χ0) is 19.5. The van der Waals surface area contributed by atoms with Crippen molar-refractivity contribution in [1.29, 1.82) is 0 Å². The normalized spacial score (nSPS) is 25.5. The van der Waals surface area contributed by atoms with Gasteiger partial charge in [0.1, 0.15) is 0 Å². The van der Waals surface area contributed by atoms with Crippen molar-refractivity contribution in [1.82, 2.24) is 15.1 Å². The fourth-order valence-electron chi connectivity index (χ4n) is 4.93. The summed E-state index contributed by atoms with van der Waals surface area (Å²) in [6.45, 7) is 4.42. The van der Waals surface area contributed by atoms with Gasteiger partial charge in [0, 0.05) is 25.7 Å². The Bertz CT molecular complexity index is 728. The van der Waals surface area contributed by atoms with Crippen molar-refractivity contribution < 1.29 is 14.7 Å². The Labute approximate surface area is 166 Å². The third kappa shape index (κ3) is 4.17. The first kappa shape index (κ1) is 19.2. The lowest BCUT2D eigenvalue weighted by Gasteiger charge is -2.33. The van der Waals surface area contributed by atoms with Crippen LogP contribution in [0.3, 0.4) is 0 Å². The lowest BCUT2D eigenvalue weighted by atomic mass is 9.85. The zero-order valence-corrected chi connectivity index (χ0v) is 16.5. The molecule has 1 aromatic rings. The van der Waals surface area contributed by atoms with E-state index in [2.05, 4.69) is 23.5 Å². The molecule has 1 saturated carbocycles. The summed E-state index contributed by atoms with van der Waals surface area (Å²) in [5, 5.41) is 12.6. The Morgan fingerprint density at radius 2 is 1.82 bits per heavy atom. The van der Waals surface area contributed by atoms with Gasteiger partial charge in [0.2, 0.25) is 0 Å².